The molecule has 1 atom stereocenters. The molecule has 0 saturated heterocycles. The minimum Gasteiger partial charge on any atom is -0.481 e. The van der Waals surface area contributed by atoms with E-state index in [1.165, 1.54) is 0 Å². The molecule has 3 N–H and O–H groups in total. The standard InChI is InChI=1S/C5H7N3O2S/c6-3(1-5(9)10)4-2-11-8-7-4/h2-3H,1,6H2,(H,9,10)/t3-/m0/s1. The lowest BCUT2D eigenvalue weighted by Crippen LogP contribution is -2.15. The van der Waals surface area contributed by atoms with Crippen molar-refractivity contribution in [3.8, 4) is 0 Å². The maximum absolute atomic E-state index is 10.2. The summed E-state index contributed by atoms with van der Waals surface area (Å²) in [7, 11) is 0. The molecule has 0 aliphatic rings. The Kier molecular flexibility index (Phi) is 2.50. The van der Waals surface area contributed by atoms with Crippen LogP contribution in [0.15, 0.2) is 5.38 Å². The minimum absolute atomic E-state index is 0.106. The first-order valence-corrected chi connectivity index (χ1v) is 3.78. The molecule has 60 valence electrons. The number of hydrogen-bond acceptors (Lipinski definition) is 5. The molecule has 1 aromatic heterocycles. The monoisotopic (exact) mass is 173 g/mol. The van der Waals surface area contributed by atoms with Gasteiger partial charge < -0.3 is 10.8 Å². The summed E-state index contributed by atoms with van der Waals surface area (Å²) in [5.41, 5.74) is 6.00. The Morgan fingerprint density at radius 3 is 3.09 bits per heavy atom. The number of carboxylic acids is 1. The summed E-state index contributed by atoms with van der Waals surface area (Å²) in [6.07, 6.45) is -0.106. The molecule has 0 aromatic carbocycles. The van der Waals surface area contributed by atoms with E-state index in [9.17, 15) is 4.79 Å². The van der Waals surface area contributed by atoms with Crippen molar-refractivity contribution in [3.05, 3.63) is 11.1 Å². The van der Waals surface area contributed by atoms with Gasteiger partial charge in [0.25, 0.3) is 0 Å². The largest absolute Gasteiger partial charge is 0.481 e. The zero-order valence-electron chi connectivity index (χ0n) is 5.60. The maximum Gasteiger partial charge on any atom is 0.305 e. The maximum atomic E-state index is 10.2. The third kappa shape index (κ3) is 2.24. The Hall–Kier alpha value is -1.01. The molecule has 1 heterocycles. The molecule has 0 aliphatic heterocycles. The second-order valence-electron chi connectivity index (χ2n) is 2.03. The molecule has 0 amide bonds. The van der Waals surface area contributed by atoms with Gasteiger partial charge in [-0.15, -0.1) is 5.10 Å². The summed E-state index contributed by atoms with van der Waals surface area (Å²) < 4.78 is 3.57. The SMILES string of the molecule is N[C@@H](CC(=O)O)c1csnn1. The first-order chi connectivity index (χ1) is 5.20. The van der Waals surface area contributed by atoms with E-state index in [-0.39, 0.29) is 6.42 Å². The van der Waals surface area contributed by atoms with Crippen LogP contribution in [0.4, 0.5) is 0 Å². The van der Waals surface area contributed by atoms with Gasteiger partial charge in [-0.1, -0.05) is 4.49 Å². The fraction of sp³-hybridized carbons (Fsp3) is 0.400. The predicted octanol–water partition coefficient (Wildman–Crippen LogP) is 0.0126. The number of aliphatic carboxylic acids is 1. The molecule has 1 rings (SSSR count). The van der Waals surface area contributed by atoms with Gasteiger partial charge in [-0.25, -0.2) is 0 Å². The number of carboxylic acid groups (broad SMARTS) is 1. The molecular formula is C5H7N3O2S. The van der Waals surface area contributed by atoms with Gasteiger partial charge in [0, 0.05) is 5.38 Å². The van der Waals surface area contributed by atoms with E-state index in [1.54, 1.807) is 5.38 Å². The molecule has 0 spiro atoms. The second-order valence-corrected chi connectivity index (χ2v) is 2.64. The average Bonchev–Trinajstić information content (AvgIpc) is 2.35. The molecule has 0 fully saturated rings. The van der Waals surface area contributed by atoms with Gasteiger partial charge in [0.05, 0.1) is 18.2 Å². The lowest BCUT2D eigenvalue weighted by Gasteiger charge is -2.01. The quantitative estimate of drug-likeness (QED) is 0.672. The third-order valence-corrected chi connectivity index (χ3v) is 1.67. The van der Waals surface area contributed by atoms with Crippen LogP contribution in [0.2, 0.25) is 0 Å². The summed E-state index contributed by atoms with van der Waals surface area (Å²) in [5.74, 6) is -0.925. The summed E-state index contributed by atoms with van der Waals surface area (Å²) in [6.45, 7) is 0. The van der Waals surface area contributed by atoms with E-state index in [2.05, 4.69) is 9.59 Å². The van der Waals surface area contributed by atoms with Gasteiger partial charge in [0.15, 0.2) is 0 Å². The highest BCUT2D eigenvalue weighted by atomic mass is 32.1. The van der Waals surface area contributed by atoms with E-state index in [0.29, 0.717) is 5.69 Å². The summed E-state index contributed by atoms with van der Waals surface area (Å²) in [4.78, 5) is 10.2. The van der Waals surface area contributed by atoms with Crippen LogP contribution < -0.4 is 5.73 Å². The van der Waals surface area contributed by atoms with Crippen LogP contribution in [0, 0.1) is 0 Å². The van der Waals surface area contributed by atoms with Crippen molar-refractivity contribution in [1.82, 2.24) is 9.59 Å². The van der Waals surface area contributed by atoms with Gasteiger partial charge in [-0.3, -0.25) is 4.79 Å². The first kappa shape index (κ1) is 8.09. The van der Waals surface area contributed by atoms with E-state index >= 15 is 0 Å². The number of hydrogen-bond donors (Lipinski definition) is 2. The van der Waals surface area contributed by atoms with Gasteiger partial charge >= 0.3 is 5.97 Å². The van der Waals surface area contributed by atoms with Crippen LogP contribution in [-0.2, 0) is 4.79 Å². The molecule has 5 nitrogen and oxygen atoms in total. The Bertz CT molecular complexity index is 236. The number of carbonyl (C=O) groups is 1. The van der Waals surface area contributed by atoms with Gasteiger partial charge in [-0.05, 0) is 11.5 Å². The van der Waals surface area contributed by atoms with E-state index in [4.69, 9.17) is 10.8 Å². The van der Waals surface area contributed by atoms with Crippen LogP contribution in [0.5, 0.6) is 0 Å². The second kappa shape index (κ2) is 3.40. The Labute approximate surface area is 67.0 Å². The van der Waals surface area contributed by atoms with Crippen molar-refractivity contribution >= 4 is 17.5 Å². The van der Waals surface area contributed by atoms with Crippen molar-refractivity contribution in [2.45, 2.75) is 12.5 Å². The molecule has 0 aliphatic carbocycles. The van der Waals surface area contributed by atoms with Crippen molar-refractivity contribution < 1.29 is 9.90 Å². The Balaban J connectivity index is 2.56. The normalized spacial score (nSPS) is 12.8. The number of nitrogens with two attached hydrogens (primary N) is 1. The fourth-order valence-corrected chi connectivity index (χ4v) is 1.14. The molecule has 6 heteroatoms. The van der Waals surface area contributed by atoms with Crippen LogP contribution >= 0.6 is 11.5 Å². The van der Waals surface area contributed by atoms with Crippen LogP contribution in [0.1, 0.15) is 18.2 Å². The zero-order chi connectivity index (χ0) is 8.27. The summed E-state index contributed by atoms with van der Waals surface area (Å²) in [6, 6.07) is -0.536. The van der Waals surface area contributed by atoms with Crippen LogP contribution in [-0.4, -0.2) is 20.7 Å². The summed E-state index contributed by atoms with van der Waals surface area (Å²) >= 11 is 1.16. The van der Waals surface area contributed by atoms with Crippen molar-refractivity contribution in [3.63, 3.8) is 0 Å². The summed E-state index contributed by atoms with van der Waals surface area (Å²) in [5, 5.41) is 13.7. The molecule has 11 heavy (non-hydrogen) atoms. The zero-order valence-corrected chi connectivity index (χ0v) is 6.41. The number of aromatic nitrogens is 2. The average molecular weight is 173 g/mol. The highest BCUT2D eigenvalue weighted by Crippen LogP contribution is 2.11. The molecule has 1 aromatic rings. The van der Waals surface area contributed by atoms with Crippen molar-refractivity contribution in [1.29, 1.82) is 0 Å². The molecule has 0 unspecified atom stereocenters. The smallest absolute Gasteiger partial charge is 0.305 e. The van der Waals surface area contributed by atoms with Crippen molar-refractivity contribution in [2.24, 2.45) is 5.73 Å². The van der Waals surface area contributed by atoms with Gasteiger partial charge in [0.2, 0.25) is 0 Å². The third-order valence-electron chi connectivity index (χ3n) is 1.15. The molecular weight excluding hydrogens is 166 g/mol. The first-order valence-electron chi connectivity index (χ1n) is 2.94. The van der Waals surface area contributed by atoms with E-state index in [1.807, 2.05) is 0 Å². The van der Waals surface area contributed by atoms with Crippen molar-refractivity contribution in [2.75, 3.05) is 0 Å². The van der Waals surface area contributed by atoms with E-state index < -0.39 is 12.0 Å². The Morgan fingerprint density at radius 1 is 1.91 bits per heavy atom. The molecule has 0 radical (unpaired) electrons. The van der Waals surface area contributed by atoms with Gasteiger partial charge in [-0.2, -0.15) is 0 Å². The van der Waals surface area contributed by atoms with Crippen LogP contribution in [0.25, 0.3) is 0 Å². The topological polar surface area (TPSA) is 89.1 Å². The van der Waals surface area contributed by atoms with E-state index in [0.717, 1.165) is 11.5 Å². The van der Waals surface area contributed by atoms with Crippen LogP contribution in [0.3, 0.4) is 0 Å². The predicted molar refractivity (Wildman–Crippen MR) is 39.1 cm³/mol. The van der Waals surface area contributed by atoms with Gasteiger partial charge in [0.1, 0.15) is 0 Å². The highest BCUT2D eigenvalue weighted by Gasteiger charge is 2.12. The lowest BCUT2D eigenvalue weighted by atomic mass is 10.2. The number of rotatable bonds is 3. The molecule has 0 bridgehead atoms. The number of nitrogens with zero attached hydrogens (tertiary/aromatic N) is 2. The Morgan fingerprint density at radius 2 is 2.64 bits per heavy atom. The molecule has 0 saturated carbocycles. The lowest BCUT2D eigenvalue weighted by molar-refractivity contribution is -0.137. The highest BCUT2D eigenvalue weighted by molar-refractivity contribution is 7.03. The fourth-order valence-electron chi connectivity index (χ4n) is 0.626. The minimum atomic E-state index is -0.925.